The van der Waals surface area contributed by atoms with Gasteiger partial charge < -0.3 is 10.1 Å². The normalized spacial score (nSPS) is 11.5. The average molecular weight is 377 g/mol. The van der Waals surface area contributed by atoms with E-state index in [9.17, 15) is 23.3 Å². The molecule has 1 heterocycles. The molecule has 134 valence electrons. The second-order valence-corrected chi connectivity index (χ2v) is 5.52. The molecule has 1 N–H and O–H groups in total. The number of nitrogens with zero attached hydrogens (tertiary/aromatic N) is 3. The lowest BCUT2D eigenvalue weighted by molar-refractivity contribution is -0.385. The van der Waals surface area contributed by atoms with Crippen LogP contribution in [0, 0.1) is 10.1 Å². The highest BCUT2D eigenvalue weighted by molar-refractivity contribution is 6.33. The number of hydrogen-bond donors (Lipinski definition) is 1. The summed E-state index contributed by atoms with van der Waals surface area (Å²) in [5, 5.41) is 13.7. The zero-order valence-electron chi connectivity index (χ0n) is 13.0. The summed E-state index contributed by atoms with van der Waals surface area (Å²) < 4.78 is 43.7. The van der Waals surface area contributed by atoms with Gasteiger partial charge in [-0.2, -0.15) is 18.2 Å². The van der Waals surface area contributed by atoms with Crippen LogP contribution in [-0.2, 0) is 6.18 Å². The Hall–Kier alpha value is -2.62. The van der Waals surface area contributed by atoms with Crippen molar-refractivity contribution >= 4 is 28.8 Å². The van der Waals surface area contributed by atoms with Crippen LogP contribution in [0.15, 0.2) is 24.5 Å². The Morgan fingerprint density at radius 2 is 2.00 bits per heavy atom. The predicted octanol–water partition coefficient (Wildman–Crippen LogP) is 4.59. The Morgan fingerprint density at radius 1 is 1.32 bits per heavy atom. The van der Waals surface area contributed by atoms with E-state index in [4.69, 9.17) is 16.3 Å². The van der Waals surface area contributed by atoms with Gasteiger partial charge in [0.25, 0.3) is 5.88 Å². The zero-order valence-corrected chi connectivity index (χ0v) is 13.7. The van der Waals surface area contributed by atoms with Crippen molar-refractivity contribution in [1.82, 2.24) is 9.97 Å². The Bertz CT molecular complexity index is 799. The van der Waals surface area contributed by atoms with Gasteiger partial charge in [-0.15, -0.1) is 0 Å². The Labute approximate surface area is 145 Å². The smallest absolute Gasteiger partial charge is 0.416 e. The summed E-state index contributed by atoms with van der Waals surface area (Å²) >= 11 is 5.88. The first-order valence-corrected chi connectivity index (χ1v) is 7.27. The van der Waals surface area contributed by atoms with E-state index in [2.05, 4.69) is 15.3 Å². The molecule has 7 nitrogen and oxygen atoms in total. The third-order valence-electron chi connectivity index (χ3n) is 2.87. The molecule has 0 aliphatic rings. The number of hydrogen-bond acceptors (Lipinski definition) is 6. The topological polar surface area (TPSA) is 90.2 Å². The first-order valence-electron chi connectivity index (χ1n) is 6.89. The number of benzene rings is 1. The zero-order chi connectivity index (χ0) is 18.8. The van der Waals surface area contributed by atoms with Gasteiger partial charge in [0.1, 0.15) is 6.33 Å². The molecule has 11 heteroatoms. The Kier molecular flexibility index (Phi) is 5.31. The van der Waals surface area contributed by atoms with Gasteiger partial charge in [0, 0.05) is 0 Å². The maximum atomic E-state index is 12.8. The van der Waals surface area contributed by atoms with Gasteiger partial charge >= 0.3 is 11.9 Å². The summed E-state index contributed by atoms with van der Waals surface area (Å²) in [4.78, 5) is 17.9. The number of anilines is 2. The van der Waals surface area contributed by atoms with Gasteiger partial charge in [0.05, 0.1) is 27.3 Å². The van der Waals surface area contributed by atoms with Crippen LogP contribution in [0.4, 0.5) is 30.4 Å². The highest BCUT2D eigenvalue weighted by atomic mass is 35.5. The maximum absolute atomic E-state index is 12.8. The average Bonchev–Trinajstić information content (AvgIpc) is 2.47. The number of aromatic nitrogens is 2. The van der Waals surface area contributed by atoms with Gasteiger partial charge in [0.15, 0.2) is 0 Å². The van der Waals surface area contributed by atoms with E-state index in [1.165, 1.54) is 0 Å². The van der Waals surface area contributed by atoms with E-state index in [0.717, 1.165) is 24.5 Å². The molecule has 1 aromatic heterocycles. The minimum Gasteiger partial charge on any atom is -0.470 e. The summed E-state index contributed by atoms with van der Waals surface area (Å²) in [7, 11) is 0. The molecule has 0 atom stereocenters. The first-order chi connectivity index (χ1) is 11.6. The summed E-state index contributed by atoms with van der Waals surface area (Å²) in [6.07, 6.45) is -4.00. The molecule has 0 saturated heterocycles. The largest absolute Gasteiger partial charge is 0.470 e. The minimum absolute atomic E-state index is 0.0627. The lowest BCUT2D eigenvalue weighted by Crippen LogP contribution is -2.11. The fourth-order valence-electron chi connectivity index (χ4n) is 1.85. The number of alkyl halides is 3. The number of ether oxygens (including phenoxy) is 1. The van der Waals surface area contributed by atoms with E-state index in [1.807, 2.05) is 0 Å². The van der Waals surface area contributed by atoms with E-state index in [1.54, 1.807) is 13.8 Å². The minimum atomic E-state index is -4.59. The maximum Gasteiger partial charge on any atom is 0.416 e. The molecular formula is C14H12ClF3N4O3. The molecule has 0 unspecified atom stereocenters. The van der Waals surface area contributed by atoms with Crippen LogP contribution in [0.1, 0.15) is 19.4 Å². The summed E-state index contributed by atoms with van der Waals surface area (Å²) in [5.74, 6) is -0.641. The van der Waals surface area contributed by atoms with Crippen LogP contribution in [0.2, 0.25) is 5.02 Å². The van der Waals surface area contributed by atoms with Crippen LogP contribution in [0.3, 0.4) is 0 Å². The standard InChI is InChI=1S/C14H12ClF3N4O3/c1-7(2)25-13-11(22(23)24)12(19-6-20-13)21-10-5-8(14(16,17)18)3-4-9(10)15/h3-7H,1-2H3,(H,19,20,21). The Morgan fingerprint density at radius 3 is 2.56 bits per heavy atom. The number of nitrogens with one attached hydrogen (secondary N) is 1. The fourth-order valence-corrected chi connectivity index (χ4v) is 2.02. The molecule has 0 fully saturated rings. The monoisotopic (exact) mass is 376 g/mol. The molecule has 0 aliphatic carbocycles. The fraction of sp³-hybridized carbons (Fsp3) is 0.286. The van der Waals surface area contributed by atoms with E-state index in [0.29, 0.717) is 0 Å². The third-order valence-corrected chi connectivity index (χ3v) is 3.19. The van der Waals surface area contributed by atoms with Crippen molar-refractivity contribution in [2.24, 2.45) is 0 Å². The van der Waals surface area contributed by atoms with Gasteiger partial charge in [-0.3, -0.25) is 10.1 Å². The van der Waals surface area contributed by atoms with Crippen LogP contribution in [0.25, 0.3) is 0 Å². The number of rotatable bonds is 5. The second kappa shape index (κ2) is 7.09. The van der Waals surface area contributed by atoms with Gasteiger partial charge in [-0.1, -0.05) is 11.6 Å². The third kappa shape index (κ3) is 4.47. The second-order valence-electron chi connectivity index (χ2n) is 5.12. The van der Waals surface area contributed by atoms with Crippen LogP contribution in [-0.4, -0.2) is 21.0 Å². The molecular weight excluding hydrogens is 365 g/mol. The SMILES string of the molecule is CC(C)Oc1ncnc(Nc2cc(C(F)(F)F)ccc2Cl)c1[N+](=O)[O-]. The lowest BCUT2D eigenvalue weighted by Gasteiger charge is -2.13. The molecule has 2 rings (SSSR count). The number of nitro groups is 1. The van der Waals surface area contributed by atoms with Crippen LogP contribution in [0.5, 0.6) is 5.88 Å². The molecule has 0 radical (unpaired) electrons. The Balaban J connectivity index is 2.49. The van der Waals surface area contributed by atoms with Crippen LogP contribution < -0.4 is 10.1 Å². The summed E-state index contributed by atoms with van der Waals surface area (Å²) in [5.41, 5.74) is -1.76. The van der Waals surface area contributed by atoms with Crippen molar-refractivity contribution in [2.75, 3.05) is 5.32 Å². The quantitative estimate of drug-likeness (QED) is 0.606. The van der Waals surface area contributed by atoms with Crippen LogP contribution >= 0.6 is 11.6 Å². The molecule has 1 aromatic carbocycles. The molecule has 0 bridgehead atoms. The van der Waals surface area contributed by atoms with E-state index >= 15 is 0 Å². The van der Waals surface area contributed by atoms with Crippen molar-refractivity contribution in [3.05, 3.63) is 45.2 Å². The molecule has 25 heavy (non-hydrogen) atoms. The lowest BCUT2D eigenvalue weighted by atomic mass is 10.2. The number of halogens is 4. The first kappa shape index (κ1) is 18.7. The van der Waals surface area contributed by atoms with Crippen molar-refractivity contribution in [3.63, 3.8) is 0 Å². The van der Waals surface area contributed by atoms with Crippen molar-refractivity contribution < 1.29 is 22.8 Å². The van der Waals surface area contributed by atoms with Gasteiger partial charge in [0.2, 0.25) is 5.82 Å². The van der Waals surface area contributed by atoms with Gasteiger partial charge in [-0.25, -0.2) is 4.98 Å². The van der Waals surface area contributed by atoms with Crippen molar-refractivity contribution in [1.29, 1.82) is 0 Å². The predicted molar refractivity (Wildman–Crippen MR) is 84.2 cm³/mol. The van der Waals surface area contributed by atoms with Gasteiger partial charge in [-0.05, 0) is 32.0 Å². The molecule has 0 saturated carbocycles. The highest BCUT2D eigenvalue weighted by Crippen LogP contribution is 2.38. The van der Waals surface area contributed by atoms with Crippen molar-refractivity contribution in [3.8, 4) is 5.88 Å². The molecule has 2 aromatic rings. The van der Waals surface area contributed by atoms with Crippen molar-refractivity contribution in [2.45, 2.75) is 26.1 Å². The van der Waals surface area contributed by atoms with E-state index < -0.39 is 28.5 Å². The summed E-state index contributed by atoms with van der Waals surface area (Å²) in [6, 6.07) is 2.57. The molecule has 0 amide bonds. The molecule has 0 spiro atoms. The highest BCUT2D eigenvalue weighted by Gasteiger charge is 2.32. The molecule has 0 aliphatic heterocycles. The summed E-state index contributed by atoms with van der Waals surface area (Å²) in [6.45, 7) is 3.28. The van der Waals surface area contributed by atoms with E-state index in [-0.39, 0.29) is 22.4 Å².